The third kappa shape index (κ3) is 4.36. The molecule has 6 nitrogen and oxygen atoms in total. The monoisotopic (exact) mass is 427 g/mol. The van der Waals surface area contributed by atoms with E-state index in [4.69, 9.17) is 16.3 Å². The number of esters is 1. The maximum Gasteiger partial charge on any atom is 0.359 e. The summed E-state index contributed by atoms with van der Waals surface area (Å²) < 4.78 is 20.1. The van der Waals surface area contributed by atoms with Gasteiger partial charge in [0.2, 0.25) is 0 Å². The van der Waals surface area contributed by atoms with Gasteiger partial charge in [0.15, 0.2) is 12.3 Å². The molecule has 30 heavy (non-hydrogen) atoms. The molecule has 1 amide bonds. The van der Waals surface area contributed by atoms with Crippen LogP contribution < -0.4 is 5.32 Å². The second kappa shape index (κ2) is 8.67. The smallest absolute Gasteiger partial charge is 0.359 e. The predicted octanol–water partition coefficient (Wildman–Crippen LogP) is 3.63. The van der Waals surface area contributed by atoms with Gasteiger partial charge in [-0.25, -0.2) is 13.9 Å². The number of rotatable bonds is 6. The minimum atomic E-state index is -0.646. The molecule has 1 aromatic heterocycles. The van der Waals surface area contributed by atoms with E-state index in [1.165, 1.54) is 12.1 Å². The fourth-order valence-corrected chi connectivity index (χ4v) is 3.71. The Kier molecular flexibility index (Phi) is 5.81. The lowest BCUT2D eigenvalue weighted by atomic mass is 10.2. The van der Waals surface area contributed by atoms with Gasteiger partial charge in [-0.2, -0.15) is 5.10 Å². The topological polar surface area (TPSA) is 73.2 Å². The van der Waals surface area contributed by atoms with Gasteiger partial charge in [0.25, 0.3) is 5.91 Å². The Morgan fingerprint density at radius 2 is 1.97 bits per heavy atom. The van der Waals surface area contributed by atoms with E-state index in [1.54, 1.807) is 35.0 Å². The van der Waals surface area contributed by atoms with Gasteiger partial charge in [-0.15, -0.1) is 0 Å². The number of benzene rings is 2. The van der Waals surface area contributed by atoms with Crippen LogP contribution in [0.4, 0.5) is 4.39 Å². The van der Waals surface area contributed by atoms with E-state index in [1.807, 2.05) is 6.07 Å². The Bertz CT molecular complexity index is 1100. The van der Waals surface area contributed by atoms with Crippen molar-refractivity contribution in [3.8, 4) is 5.69 Å². The molecule has 2 aromatic carbocycles. The highest BCUT2D eigenvalue weighted by Crippen LogP contribution is 2.28. The van der Waals surface area contributed by atoms with Crippen molar-refractivity contribution in [2.24, 2.45) is 0 Å². The summed E-state index contributed by atoms with van der Waals surface area (Å²) in [6.07, 6.45) is 2.38. The molecule has 3 aromatic rings. The molecule has 0 spiro atoms. The quantitative estimate of drug-likeness (QED) is 0.610. The summed E-state index contributed by atoms with van der Waals surface area (Å²) in [5, 5.41) is 7.65. The first-order valence-electron chi connectivity index (χ1n) is 9.56. The van der Waals surface area contributed by atoms with Crippen molar-refractivity contribution in [1.82, 2.24) is 15.1 Å². The Morgan fingerprint density at radius 1 is 1.17 bits per heavy atom. The number of fused-ring (bicyclic) bond motifs is 1. The van der Waals surface area contributed by atoms with Gasteiger partial charge < -0.3 is 10.1 Å². The van der Waals surface area contributed by atoms with Gasteiger partial charge in [0.05, 0.1) is 5.69 Å². The van der Waals surface area contributed by atoms with E-state index in [-0.39, 0.29) is 18.1 Å². The lowest BCUT2D eigenvalue weighted by Crippen LogP contribution is -2.28. The molecule has 0 aliphatic heterocycles. The van der Waals surface area contributed by atoms with Crippen molar-refractivity contribution >= 4 is 23.5 Å². The molecule has 0 saturated heterocycles. The maximum absolute atomic E-state index is 13.2. The van der Waals surface area contributed by atoms with Crippen LogP contribution in [0.25, 0.3) is 5.69 Å². The van der Waals surface area contributed by atoms with Gasteiger partial charge in [-0.3, -0.25) is 4.79 Å². The van der Waals surface area contributed by atoms with E-state index in [0.29, 0.717) is 17.1 Å². The first kappa shape index (κ1) is 20.1. The van der Waals surface area contributed by atoms with Crippen LogP contribution >= 0.6 is 11.6 Å². The zero-order valence-corrected chi connectivity index (χ0v) is 16.8. The minimum Gasteiger partial charge on any atom is -0.451 e. The number of hydrogen-bond donors (Lipinski definition) is 1. The number of ether oxygens (including phenoxy) is 1. The lowest BCUT2D eigenvalue weighted by molar-refractivity contribution is -0.124. The van der Waals surface area contributed by atoms with Crippen LogP contribution in [-0.4, -0.2) is 28.3 Å². The number of carbonyl (C=O) groups is 2. The fraction of sp³-hybridized carbons (Fsp3) is 0.227. The zero-order valence-electron chi connectivity index (χ0n) is 16.0. The standard InChI is InChI=1S/C22H19ClFN3O3/c23-15-4-1-3-14(11-15)12-25-20(28)13-30-22(29)21-18-5-2-6-19(18)27(26-21)17-9-7-16(24)8-10-17/h1,3-4,7-11H,2,5-6,12-13H2,(H,25,28). The fourth-order valence-electron chi connectivity index (χ4n) is 3.50. The van der Waals surface area contributed by atoms with Crippen LogP contribution in [0.1, 0.15) is 33.7 Å². The van der Waals surface area contributed by atoms with E-state index in [9.17, 15) is 14.0 Å². The molecule has 0 bridgehead atoms. The molecule has 0 saturated carbocycles. The molecular weight excluding hydrogens is 409 g/mol. The van der Waals surface area contributed by atoms with Crippen LogP contribution in [0, 0.1) is 5.82 Å². The lowest BCUT2D eigenvalue weighted by Gasteiger charge is -2.07. The highest BCUT2D eigenvalue weighted by Gasteiger charge is 2.28. The van der Waals surface area contributed by atoms with Gasteiger partial charge in [0, 0.05) is 22.8 Å². The van der Waals surface area contributed by atoms with Crippen molar-refractivity contribution in [3.63, 3.8) is 0 Å². The van der Waals surface area contributed by atoms with Crippen molar-refractivity contribution in [2.45, 2.75) is 25.8 Å². The number of amides is 1. The van der Waals surface area contributed by atoms with Crippen molar-refractivity contribution in [1.29, 1.82) is 0 Å². The Morgan fingerprint density at radius 3 is 2.73 bits per heavy atom. The highest BCUT2D eigenvalue weighted by atomic mass is 35.5. The van der Waals surface area contributed by atoms with Crippen LogP contribution in [0.2, 0.25) is 5.02 Å². The van der Waals surface area contributed by atoms with Gasteiger partial charge in [-0.1, -0.05) is 23.7 Å². The van der Waals surface area contributed by atoms with Crippen molar-refractivity contribution in [3.05, 3.63) is 81.9 Å². The van der Waals surface area contributed by atoms with Crippen LogP contribution in [-0.2, 0) is 28.9 Å². The summed E-state index contributed by atoms with van der Waals surface area (Å²) in [6.45, 7) is -0.122. The Hall–Kier alpha value is -3.19. The van der Waals surface area contributed by atoms with E-state index >= 15 is 0 Å². The molecule has 8 heteroatoms. The Labute approximate surface area is 177 Å². The van der Waals surface area contributed by atoms with Gasteiger partial charge in [0.1, 0.15) is 5.82 Å². The van der Waals surface area contributed by atoms with Crippen LogP contribution in [0.3, 0.4) is 0 Å². The average Bonchev–Trinajstić information content (AvgIpc) is 3.34. The first-order chi connectivity index (χ1) is 14.5. The number of nitrogens with one attached hydrogen (secondary N) is 1. The third-order valence-electron chi connectivity index (χ3n) is 4.91. The predicted molar refractivity (Wildman–Crippen MR) is 109 cm³/mol. The van der Waals surface area contributed by atoms with Gasteiger partial charge >= 0.3 is 5.97 Å². The van der Waals surface area contributed by atoms with E-state index in [0.717, 1.165) is 29.7 Å². The highest BCUT2D eigenvalue weighted by molar-refractivity contribution is 6.30. The summed E-state index contributed by atoms with van der Waals surface area (Å²) in [4.78, 5) is 24.6. The molecule has 1 heterocycles. The summed E-state index contributed by atoms with van der Waals surface area (Å²) >= 11 is 5.92. The Balaban J connectivity index is 1.40. The van der Waals surface area contributed by atoms with Crippen molar-refractivity contribution in [2.75, 3.05) is 6.61 Å². The molecular formula is C22H19ClFN3O3. The summed E-state index contributed by atoms with van der Waals surface area (Å²) in [7, 11) is 0. The minimum absolute atomic E-state index is 0.203. The van der Waals surface area contributed by atoms with Crippen LogP contribution in [0.15, 0.2) is 48.5 Å². The molecule has 1 aliphatic rings. The summed E-state index contributed by atoms with van der Waals surface area (Å²) in [5.74, 6) is -1.41. The summed E-state index contributed by atoms with van der Waals surface area (Å²) in [6, 6.07) is 13.0. The molecule has 154 valence electrons. The molecule has 1 aliphatic carbocycles. The van der Waals surface area contributed by atoms with E-state index < -0.39 is 18.5 Å². The number of hydrogen-bond acceptors (Lipinski definition) is 4. The number of aromatic nitrogens is 2. The van der Waals surface area contributed by atoms with Gasteiger partial charge in [-0.05, 0) is 61.2 Å². The number of nitrogens with zero attached hydrogens (tertiary/aromatic N) is 2. The first-order valence-corrected chi connectivity index (χ1v) is 9.94. The molecule has 4 rings (SSSR count). The molecule has 0 fully saturated rings. The SMILES string of the molecule is O=C(COC(=O)c1nn(-c2ccc(F)cc2)c2c1CCC2)NCc1cccc(Cl)c1. The number of halogens is 2. The molecule has 0 unspecified atom stereocenters. The maximum atomic E-state index is 13.2. The largest absolute Gasteiger partial charge is 0.451 e. The molecule has 0 atom stereocenters. The zero-order chi connectivity index (χ0) is 21.1. The second-order valence-corrected chi connectivity index (χ2v) is 7.43. The van der Waals surface area contributed by atoms with Crippen LogP contribution in [0.5, 0.6) is 0 Å². The number of carbonyl (C=O) groups excluding carboxylic acids is 2. The molecule has 1 N–H and O–H groups in total. The molecule has 0 radical (unpaired) electrons. The average molecular weight is 428 g/mol. The summed E-state index contributed by atoms with van der Waals surface area (Å²) in [5.41, 5.74) is 3.46. The van der Waals surface area contributed by atoms with Crippen molar-refractivity contribution < 1.29 is 18.7 Å². The second-order valence-electron chi connectivity index (χ2n) is 7.00. The third-order valence-corrected chi connectivity index (χ3v) is 5.14. The van der Waals surface area contributed by atoms with E-state index in [2.05, 4.69) is 10.4 Å². The normalized spacial score (nSPS) is 12.5.